The molecule has 2 N–H and O–H groups in total. The van der Waals surface area contributed by atoms with Gasteiger partial charge in [0.1, 0.15) is 0 Å². The Labute approximate surface area is 175 Å². The van der Waals surface area contributed by atoms with Crippen molar-refractivity contribution in [1.29, 1.82) is 0 Å². The molecule has 0 fully saturated rings. The number of hydrogen-bond acceptors (Lipinski definition) is 4. The third-order valence-corrected chi connectivity index (χ3v) is 5.43. The SMILES string of the molecule is CCC1(C(=O)NCc2cc(Cl)c(OCCC(C)C)c(Cl)c2)NN(C)C=C1Cl. The lowest BCUT2D eigenvalue weighted by Crippen LogP contribution is -2.56. The van der Waals surface area contributed by atoms with Crippen molar-refractivity contribution >= 4 is 40.7 Å². The number of benzene rings is 1. The van der Waals surface area contributed by atoms with E-state index in [0.29, 0.717) is 39.8 Å². The Kier molecular flexibility index (Phi) is 7.69. The average molecular weight is 435 g/mol. The first-order chi connectivity index (χ1) is 12.7. The fourth-order valence-electron chi connectivity index (χ4n) is 2.82. The van der Waals surface area contributed by atoms with Gasteiger partial charge in [0.05, 0.1) is 21.7 Å². The Balaban J connectivity index is 2.04. The quantitative estimate of drug-likeness (QED) is 0.622. The van der Waals surface area contributed by atoms with Crippen LogP contribution in [0.5, 0.6) is 5.75 Å². The molecule has 1 unspecified atom stereocenters. The molecule has 0 bridgehead atoms. The van der Waals surface area contributed by atoms with E-state index in [1.54, 1.807) is 30.4 Å². The van der Waals surface area contributed by atoms with Gasteiger partial charge in [0.2, 0.25) is 5.91 Å². The van der Waals surface area contributed by atoms with Crippen molar-refractivity contribution in [3.8, 4) is 5.75 Å². The summed E-state index contributed by atoms with van der Waals surface area (Å²) in [7, 11) is 1.80. The molecule has 150 valence electrons. The van der Waals surface area contributed by atoms with Crippen LogP contribution in [0.4, 0.5) is 0 Å². The summed E-state index contributed by atoms with van der Waals surface area (Å²) in [6, 6.07) is 3.51. The van der Waals surface area contributed by atoms with E-state index in [-0.39, 0.29) is 12.5 Å². The van der Waals surface area contributed by atoms with Gasteiger partial charge >= 0.3 is 0 Å². The Morgan fingerprint density at radius 1 is 1.30 bits per heavy atom. The summed E-state index contributed by atoms with van der Waals surface area (Å²) in [5.41, 5.74) is 2.92. The van der Waals surface area contributed by atoms with E-state index in [1.165, 1.54) is 0 Å². The number of carbonyl (C=O) groups is 1. The highest BCUT2D eigenvalue weighted by atomic mass is 35.5. The van der Waals surface area contributed by atoms with Gasteiger partial charge in [-0.2, -0.15) is 0 Å². The number of hydrogen-bond donors (Lipinski definition) is 2. The largest absolute Gasteiger partial charge is 0.490 e. The topological polar surface area (TPSA) is 53.6 Å². The van der Waals surface area contributed by atoms with Crippen LogP contribution in [0.3, 0.4) is 0 Å². The van der Waals surface area contributed by atoms with Gasteiger partial charge in [0.15, 0.2) is 11.3 Å². The summed E-state index contributed by atoms with van der Waals surface area (Å²) in [6.07, 6.45) is 3.13. The van der Waals surface area contributed by atoms with Crippen LogP contribution in [0.25, 0.3) is 0 Å². The number of amides is 1. The van der Waals surface area contributed by atoms with E-state index in [0.717, 1.165) is 12.0 Å². The lowest BCUT2D eigenvalue weighted by atomic mass is 9.96. The second-order valence-corrected chi connectivity index (χ2v) is 8.28. The molecule has 1 aliphatic heterocycles. The molecule has 2 rings (SSSR count). The fraction of sp³-hybridized carbons (Fsp3) is 0.526. The van der Waals surface area contributed by atoms with Gasteiger partial charge in [-0.05, 0) is 36.5 Å². The first-order valence-electron chi connectivity index (χ1n) is 8.97. The minimum atomic E-state index is -0.955. The number of carbonyl (C=O) groups excluding carboxylic acids is 1. The molecule has 0 spiro atoms. The number of nitrogens with zero attached hydrogens (tertiary/aromatic N) is 1. The Hall–Kier alpha value is -1.14. The molecular weight excluding hydrogens is 409 g/mol. The molecule has 1 aromatic carbocycles. The van der Waals surface area contributed by atoms with E-state index < -0.39 is 5.54 Å². The van der Waals surface area contributed by atoms with E-state index in [1.807, 2.05) is 6.92 Å². The molecule has 0 aromatic heterocycles. The second kappa shape index (κ2) is 9.37. The van der Waals surface area contributed by atoms with Crippen molar-refractivity contribution in [2.75, 3.05) is 13.7 Å². The van der Waals surface area contributed by atoms with Crippen LogP contribution in [0, 0.1) is 5.92 Å². The smallest absolute Gasteiger partial charge is 0.247 e. The van der Waals surface area contributed by atoms with E-state index >= 15 is 0 Å². The molecule has 1 amide bonds. The van der Waals surface area contributed by atoms with E-state index in [2.05, 4.69) is 24.6 Å². The van der Waals surface area contributed by atoms with Gasteiger partial charge in [-0.15, -0.1) is 0 Å². The first-order valence-corrected chi connectivity index (χ1v) is 10.1. The number of hydrazine groups is 1. The monoisotopic (exact) mass is 433 g/mol. The van der Waals surface area contributed by atoms with Crippen LogP contribution in [0.1, 0.15) is 39.2 Å². The zero-order valence-electron chi connectivity index (χ0n) is 16.0. The summed E-state index contributed by atoms with van der Waals surface area (Å²) in [4.78, 5) is 12.8. The molecule has 1 heterocycles. The molecule has 1 aromatic rings. The number of halogens is 3. The highest BCUT2D eigenvalue weighted by molar-refractivity contribution is 6.37. The van der Waals surface area contributed by atoms with Crippen LogP contribution < -0.4 is 15.5 Å². The summed E-state index contributed by atoms with van der Waals surface area (Å²) in [5.74, 6) is 0.802. The standard InChI is InChI=1S/C19H26Cl3N3O2/c1-5-19(16(22)11-25(4)24-19)18(26)23-10-13-8-14(20)17(15(21)9-13)27-7-6-12(2)3/h8-9,11-12,24H,5-7,10H2,1-4H3,(H,23,26). The van der Waals surface area contributed by atoms with Gasteiger partial charge in [-0.25, -0.2) is 5.43 Å². The van der Waals surface area contributed by atoms with E-state index in [9.17, 15) is 4.79 Å². The number of rotatable bonds is 8. The third-order valence-electron chi connectivity index (χ3n) is 4.45. The number of nitrogens with one attached hydrogen (secondary N) is 2. The Morgan fingerprint density at radius 2 is 1.93 bits per heavy atom. The number of ether oxygens (including phenoxy) is 1. The molecule has 1 atom stereocenters. The minimum absolute atomic E-state index is 0.208. The molecule has 0 saturated heterocycles. The van der Waals surface area contributed by atoms with E-state index in [4.69, 9.17) is 39.5 Å². The van der Waals surface area contributed by atoms with Crippen LogP contribution in [0.2, 0.25) is 10.0 Å². The molecule has 8 heteroatoms. The Morgan fingerprint density at radius 3 is 2.41 bits per heavy atom. The Bertz CT molecular complexity index is 701. The average Bonchev–Trinajstić information content (AvgIpc) is 2.89. The van der Waals surface area contributed by atoms with Crippen molar-refractivity contribution in [2.45, 2.75) is 45.7 Å². The van der Waals surface area contributed by atoms with Gasteiger partial charge in [0.25, 0.3) is 0 Å². The fourth-order valence-corrected chi connectivity index (χ4v) is 3.87. The van der Waals surface area contributed by atoms with Crippen LogP contribution >= 0.6 is 34.8 Å². The highest BCUT2D eigenvalue weighted by Crippen LogP contribution is 2.35. The zero-order chi connectivity index (χ0) is 20.2. The summed E-state index contributed by atoms with van der Waals surface area (Å²) < 4.78 is 5.71. The third kappa shape index (κ3) is 5.23. The first kappa shape index (κ1) is 22.2. The van der Waals surface area contributed by atoms with Crippen LogP contribution in [0.15, 0.2) is 23.4 Å². The summed E-state index contributed by atoms with van der Waals surface area (Å²) in [6.45, 7) is 6.98. The molecule has 0 saturated carbocycles. The van der Waals surface area contributed by atoms with Gasteiger partial charge in [0, 0.05) is 19.8 Å². The maximum absolute atomic E-state index is 12.8. The lowest BCUT2D eigenvalue weighted by molar-refractivity contribution is -0.127. The van der Waals surface area contributed by atoms with Crippen molar-refractivity contribution in [3.63, 3.8) is 0 Å². The van der Waals surface area contributed by atoms with Crippen molar-refractivity contribution in [1.82, 2.24) is 15.8 Å². The predicted octanol–water partition coefficient (Wildman–Crippen LogP) is 4.71. The van der Waals surface area contributed by atoms with Crippen LogP contribution in [-0.4, -0.2) is 30.1 Å². The van der Waals surface area contributed by atoms with Crippen LogP contribution in [-0.2, 0) is 11.3 Å². The molecular formula is C19H26Cl3N3O2. The second-order valence-electron chi connectivity index (χ2n) is 7.06. The molecule has 27 heavy (non-hydrogen) atoms. The molecule has 0 aliphatic carbocycles. The van der Waals surface area contributed by atoms with Crippen molar-refractivity contribution < 1.29 is 9.53 Å². The van der Waals surface area contributed by atoms with Crippen molar-refractivity contribution in [2.24, 2.45) is 5.92 Å². The lowest BCUT2D eigenvalue weighted by Gasteiger charge is -2.29. The summed E-state index contributed by atoms with van der Waals surface area (Å²) >= 11 is 18.9. The minimum Gasteiger partial charge on any atom is -0.490 e. The van der Waals surface area contributed by atoms with Gasteiger partial charge < -0.3 is 15.1 Å². The van der Waals surface area contributed by atoms with Gasteiger partial charge in [-0.3, -0.25) is 4.79 Å². The maximum atomic E-state index is 12.8. The highest BCUT2D eigenvalue weighted by Gasteiger charge is 2.44. The molecule has 0 radical (unpaired) electrons. The maximum Gasteiger partial charge on any atom is 0.247 e. The molecule has 1 aliphatic rings. The zero-order valence-corrected chi connectivity index (χ0v) is 18.3. The van der Waals surface area contributed by atoms with Crippen molar-refractivity contribution in [3.05, 3.63) is 39.0 Å². The predicted molar refractivity (Wildman–Crippen MR) is 111 cm³/mol. The summed E-state index contributed by atoms with van der Waals surface area (Å²) in [5, 5.41) is 5.90. The normalized spacial score (nSPS) is 19.4. The molecule has 5 nitrogen and oxygen atoms in total. The van der Waals surface area contributed by atoms with Gasteiger partial charge in [-0.1, -0.05) is 55.6 Å².